The van der Waals surface area contributed by atoms with E-state index in [1.165, 1.54) is 0 Å². The van der Waals surface area contributed by atoms with E-state index < -0.39 is 10.0 Å². The maximum absolute atomic E-state index is 12.3. The molecule has 0 heterocycles. The molecule has 0 aromatic heterocycles. The molecule has 0 unspecified atom stereocenters. The molecule has 3 N–H and O–H groups in total. The van der Waals surface area contributed by atoms with Crippen molar-refractivity contribution in [3.05, 3.63) is 48.6 Å². The zero-order chi connectivity index (χ0) is 14.0. The lowest BCUT2D eigenvalue weighted by Gasteiger charge is -2.10. The first kappa shape index (κ1) is 13.6. The van der Waals surface area contributed by atoms with Gasteiger partial charge in [-0.15, -0.1) is 0 Å². The third-order valence-corrected chi connectivity index (χ3v) is 4.18. The standard InChI is InChI=1S/C14H16N2O2S/c1-10(2)9-16-19(17,18)14-5-3-4-11-8-12(15)6-7-13(11)14/h3-8,16H,1,9,15H2,2H3. The number of nitrogen functional groups attached to an aromatic ring is 1. The highest BCUT2D eigenvalue weighted by atomic mass is 32.2. The average molecular weight is 276 g/mol. The second-order valence-corrected chi connectivity index (χ2v) is 6.25. The van der Waals surface area contributed by atoms with Crippen LogP contribution >= 0.6 is 0 Å². The smallest absolute Gasteiger partial charge is 0.241 e. The van der Waals surface area contributed by atoms with Gasteiger partial charge in [0, 0.05) is 17.6 Å². The highest BCUT2D eigenvalue weighted by molar-refractivity contribution is 7.89. The number of rotatable bonds is 4. The first-order chi connectivity index (χ1) is 8.90. The number of sulfonamides is 1. The summed E-state index contributed by atoms with van der Waals surface area (Å²) in [5, 5.41) is 1.46. The molecule has 0 radical (unpaired) electrons. The molecular weight excluding hydrogens is 260 g/mol. The molecule has 0 saturated heterocycles. The van der Waals surface area contributed by atoms with Gasteiger partial charge in [0.2, 0.25) is 10.0 Å². The van der Waals surface area contributed by atoms with Crippen molar-refractivity contribution < 1.29 is 8.42 Å². The number of nitrogens with one attached hydrogen (secondary N) is 1. The van der Waals surface area contributed by atoms with Crippen LogP contribution < -0.4 is 10.5 Å². The van der Waals surface area contributed by atoms with Crippen LogP contribution in [0.4, 0.5) is 5.69 Å². The van der Waals surface area contributed by atoms with Crippen LogP contribution in [0.5, 0.6) is 0 Å². The summed E-state index contributed by atoms with van der Waals surface area (Å²) < 4.78 is 27.0. The minimum Gasteiger partial charge on any atom is -0.399 e. The van der Waals surface area contributed by atoms with Gasteiger partial charge < -0.3 is 5.73 Å². The van der Waals surface area contributed by atoms with Gasteiger partial charge in [-0.1, -0.05) is 30.4 Å². The molecule has 2 rings (SSSR count). The van der Waals surface area contributed by atoms with E-state index >= 15 is 0 Å². The fourth-order valence-corrected chi connectivity index (χ4v) is 3.13. The lowest BCUT2D eigenvalue weighted by atomic mass is 10.1. The maximum Gasteiger partial charge on any atom is 0.241 e. The zero-order valence-electron chi connectivity index (χ0n) is 10.7. The van der Waals surface area contributed by atoms with Crippen molar-refractivity contribution in [1.29, 1.82) is 0 Å². The molecule has 0 amide bonds. The van der Waals surface area contributed by atoms with Crippen molar-refractivity contribution in [2.24, 2.45) is 0 Å². The second kappa shape index (κ2) is 5.03. The maximum atomic E-state index is 12.3. The molecule has 4 nitrogen and oxygen atoms in total. The fraction of sp³-hybridized carbons (Fsp3) is 0.143. The summed E-state index contributed by atoms with van der Waals surface area (Å²) in [5.41, 5.74) is 7.07. The predicted octanol–water partition coefficient (Wildman–Crippen LogP) is 2.28. The van der Waals surface area contributed by atoms with Crippen LogP contribution in [0.2, 0.25) is 0 Å². The molecule has 0 atom stereocenters. The Bertz CT molecular complexity index is 736. The minimum atomic E-state index is -3.55. The molecule has 0 aliphatic carbocycles. The van der Waals surface area contributed by atoms with E-state index in [1.807, 2.05) is 6.07 Å². The Morgan fingerprint density at radius 2 is 2.05 bits per heavy atom. The van der Waals surface area contributed by atoms with Gasteiger partial charge in [0.25, 0.3) is 0 Å². The highest BCUT2D eigenvalue weighted by Crippen LogP contribution is 2.24. The molecule has 0 spiro atoms. The van der Waals surface area contributed by atoms with Gasteiger partial charge >= 0.3 is 0 Å². The van der Waals surface area contributed by atoms with Gasteiger partial charge in [-0.2, -0.15) is 0 Å². The summed E-state index contributed by atoms with van der Waals surface area (Å²) in [6.45, 7) is 5.68. The number of hydrogen-bond acceptors (Lipinski definition) is 3. The minimum absolute atomic E-state index is 0.230. The van der Waals surface area contributed by atoms with Crippen LogP contribution in [0.25, 0.3) is 10.8 Å². The van der Waals surface area contributed by atoms with Crippen molar-refractivity contribution in [2.75, 3.05) is 12.3 Å². The Morgan fingerprint density at radius 3 is 2.74 bits per heavy atom. The Labute approximate surface area is 113 Å². The van der Waals surface area contributed by atoms with Crippen molar-refractivity contribution in [3.63, 3.8) is 0 Å². The third kappa shape index (κ3) is 2.94. The Morgan fingerprint density at radius 1 is 1.32 bits per heavy atom. The largest absolute Gasteiger partial charge is 0.399 e. The van der Waals surface area contributed by atoms with Crippen LogP contribution in [0, 0.1) is 0 Å². The summed E-state index contributed by atoms with van der Waals surface area (Å²) in [6.07, 6.45) is 0. The predicted molar refractivity (Wildman–Crippen MR) is 78.4 cm³/mol. The van der Waals surface area contributed by atoms with Crippen molar-refractivity contribution in [2.45, 2.75) is 11.8 Å². The first-order valence-corrected chi connectivity index (χ1v) is 7.31. The van der Waals surface area contributed by atoms with Gasteiger partial charge in [0.05, 0.1) is 4.90 Å². The monoisotopic (exact) mass is 276 g/mol. The Hall–Kier alpha value is -1.85. The molecule has 19 heavy (non-hydrogen) atoms. The molecule has 5 heteroatoms. The molecule has 100 valence electrons. The van der Waals surface area contributed by atoms with Gasteiger partial charge in [-0.3, -0.25) is 0 Å². The normalized spacial score (nSPS) is 11.6. The third-order valence-electron chi connectivity index (χ3n) is 2.72. The molecule has 0 bridgehead atoms. The summed E-state index contributed by atoms with van der Waals surface area (Å²) >= 11 is 0. The molecule has 2 aromatic rings. The van der Waals surface area contributed by atoms with E-state index in [-0.39, 0.29) is 11.4 Å². The van der Waals surface area contributed by atoms with E-state index in [4.69, 9.17) is 5.73 Å². The number of nitrogens with two attached hydrogens (primary N) is 1. The number of benzene rings is 2. The molecule has 0 fully saturated rings. The van der Waals surface area contributed by atoms with E-state index in [0.29, 0.717) is 11.1 Å². The average Bonchev–Trinajstić information content (AvgIpc) is 2.35. The van der Waals surface area contributed by atoms with Crippen LogP contribution in [-0.2, 0) is 10.0 Å². The van der Waals surface area contributed by atoms with E-state index in [1.54, 1.807) is 37.3 Å². The van der Waals surface area contributed by atoms with E-state index in [0.717, 1.165) is 11.0 Å². The van der Waals surface area contributed by atoms with E-state index in [9.17, 15) is 8.42 Å². The summed E-state index contributed by atoms with van der Waals surface area (Å²) in [6, 6.07) is 10.3. The van der Waals surface area contributed by atoms with Crippen LogP contribution in [0.15, 0.2) is 53.4 Å². The Kier molecular flexibility index (Phi) is 3.59. The quantitative estimate of drug-likeness (QED) is 0.664. The summed E-state index contributed by atoms with van der Waals surface area (Å²) in [5.74, 6) is 0. The fourth-order valence-electron chi connectivity index (χ4n) is 1.80. The molecule has 2 aromatic carbocycles. The van der Waals surface area contributed by atoms with Gasteiger partial charge in [-0.25, -0.2) is 13.1 Å². The first-order valence-electron chi connectivity index (χ1n) is 5.82. The highest BCUT2D eigenvalue weighted by Gasteiger charge is 2.16. The van der Waals surface area contributed by atoms with Crippen molar-refractivity contribution in [3.8, 4) is 0 Å². The van der Waals surface area contributed by atoms with Gasteiger partial charge in [-0.05, 0) is 30.5 Å². The van der Waals surface area contributed by atoms with E-state index in [2.05, 4.69) is 11.3 Å². The van der Waals surface area contributed by atoms with Crippen LogP contribution in [-0.4, -0.2) is 15.0 Å². The Balaban J connectivity index is 2.53. The summed E-state index contributed by atoms with van der Waals surface area (Å²) in [7, 11) is -3.55. The van der Waals surface area contributed by atoms with Crippen LogP contribution in [0.1, 0.15) is 6.92 Å². The second-order valence-electron chi connectivity index (χ2n) is 4.52. The lowest BCUT2D eigenvalue weighted by molar-refractivity contribution is 0.585. The number of anilines is 1. The molecular formula is C14H16N2O2S. The molecule has 0 aliphatic heterocycles. The summed E-state index contributed by atoms with van der Waals surface area (Å²) in [4.78, 5) is 0.256. The van der Waals surface area contributed by atoms with Gasteiger partial charge in [0.1, 0.15) is 0 Å². The molecule has 0 saturated carbocycles. The van der Waals surface area contributed by atoms with Crippen molar-refractivity contribution in [1.82, 2.24) is 4.72 Å². The topological polar surface area (TPSA) is 72.2 Å². The number of fused-ring (bicyclic) bond motifs is 1. The SMILES string of the molecule is C=C(C)CNS(=O)(=O)c1cccc2cc(N)ccc12. The zero-order valence-corrected chi connectivity index (χ0v) is 11.5. The van der Waals surface area contributed by atoms with Gasteiger partial charge in [0.15, 0.2) is 0 Å². The van der Waals surface area contributed by atoms with Crippen LogP contribution in [0.3, 0.4) is 0 Å². The lowest BCUT2D eigenvalue weighted by Crippen LogP contribution is -2.25. The van der Waals surface area contributed by atoms with Crippen molar-refractivity contribution >= 4 is 26.5 Å². The molecule has 0 aliphatic rings. The number of hydrogen-bond donors (Lipinski definition) is 2.